The largest absolute Gasteiger partial charge is 0.369 e. The molecule has 2 bridgehead atoms. The molecule has 4 rings (SSSR count). The van der Waals surface area contributed by atoms with Crippen molar-refractivity contribution in [1.29, 1.82) is 0 Å². The van der Waals surface area contributed by atoms with Crippen LogP contribution in [0.3, 0.4) is 0 Å². The number of likely N-dealkylation sites (N-methyl/N-ethyl adjacent to an activating group) is 1. The molecule has 3 unspecified atom stereocenters. The fourth-order valence-electron chi connectivity index (χ4n) is 5.10. The summed E-state index contributed by atoms with van der Waals surface area (Å²) in [6.45, 7) is 9.93. The predicted molar refractivity (Wildman–Crippen MR) is 103 cm³/mol. The third-order valence-electron chi connectivity index (χ3n) is 6.73. The zero-order valence-electron chi connectivity index (χ0n) is 15.6. The van der Waals surface area contributed by atoms with Crippen LogP contribution in [0, 0.1) is 24.7 Å². The molecular weight excluding hydrogens is 310 g/mol. The summed E-state index contributed by atoms with van der Waals surface area (Å²) in [6, 6.07) is 6.50. The van der Waals surface area contributed by atoms with E-state index in [1.807, 2.05) is 0 Å². The molecule has 4 heteroatoms. The number of nitrogens with zero attached hydrogens (tertiary/aromatic N) is 2. The number of piperazine rings is 1. The summed E-state index contributed by atoms with van der Waals surface area (Å²) in [5, 5.41) is 3.22. The van der Waals surface area contributed by atoms with E-state index >= 15 is 0 Å². The molecule has 1 heterocycles. The summed E-state index contributed by atoms with van der Waals surface area (Å²) < 4.78 is 0. The molecule has 3 aliphatic rings. The van der Waals surface area contributed by atoms with Crippen LogP contribution >= 0.6 is 0 Å². The minimum absolute atomic E-state index is 0.250. The second-order valence-electron chi connectivity index (χ2n) is 8.19. The zero-order valence-corrected chi connectivity index (χ0v) is 15.6. The van der Waals surface area contributed by atoms with E-state index in [1.165, 1.54) is 30.5 Å². The van der Waals surface area contributed by atoms with Gasteiger partial charge in [0.1, 0.15) is 0 Å². The van der Waals surface area contributed by atoms with Crippen LogP contribution in [0.2, 0.25) is 0 Å². The number of nitrogens with one attached hydrogen (secondary N) is 1. The van der Waals surface area contributed by atoms with Crippen LogP contribution in [0.4, 0.5) is 11.4 Å². The Balaban J connectivity index is 1.39. The monoisotopic (exact) mass is 341 g/mol. The van der Waals surface area contributed by atoms with E-state index in [1.54, 1.807) is 0 Å². The summed E-state index contributed by atoms with van der Waals surface area (Å²) >= 11 is 0. The van der Waals surface area contributed by atoms with Gasteiger partial charge in [0.15, 0.2) is 0 Å². The Morgan fingerprint density at radius 1 is 1.16 bits per heavy atom. The summed E-state index contributed by atoms with van der Waals surface area (Å²) in [4.78, 5) is 17.6. The molecule has 2 aliphatic carbocycles. The van der Waals surface area contributed by atoms with Crippen LogP contribution in [0.1, 0.15) is 38.2 Å². The first-order valence-electron chi connectivity index (χ1n) is 10.0. The van der Waals surface area contributed by atoms with E-state index in [0.29, 0.717) is 5.92 Å². The van der Waals surface area contributed by atoms with E-state index in [0.717, 1.165) is 50.7 Å². The normalized spacial score (nSPS) is 29.2. The van der Waals surface area contributed by atoms with Crippen molar-refractivity contribution in [3.8, 4) is 0 Å². The van der Waals surface area contributed by atoms with Gasteiger partial charge in [-0.3, -0.25) is 4.79 Å². The average molecular weight is 341 g/mol. The summed E-state index contributed by atoms with van der Waals surface area (Å²) in [5.41, 5.74) is 3.45. The topological polar surface area (TPSA) is 35.6 Å². The number of aryl methyl sites for hydroxylation is 1. The van der Waals surface area contributed by atoms with E-state index in [-0.39, 0.29) is 11.8 Å². The predicted octanol–water partition coefficient (Wildman–Crippen LogP) is 3.51. The molecule has 1 aromatic carbocycles. The van der Waals surface area contributed by atoms with E-state index < -0.39 is 0 Å². The minimum Gasteiger partial charge on any atom is -0.369 e. The molecule has 0 radical (unpaired) electrons. The van der Waals surface area contributed by atoms with Gasteiger partial charge < -0.3 is 15.1 Å². The molecule has 1 N–H and O–H groups in total. The van der Waals surface area contributed by atoms with Gasteiger partial charge in [0.05, 0.1) is 0 Å². The maximum atomic E-state index is 12.7. The molecular formula is C21H31N3O. The summed E-state index contributed by atoms with van der Waals surface area (Å²) in [7, 11) is 0. The third kappa shape index (κ3) is 3.41. The molecule has 4 nitrogen and oxygen atoms in total. The van der Waals surface area contributed by atoms with Gasteiger partial charge >= 0.3 is 0 Å². The van der Waals surface area contributed by atoms with Gasteiger partial charge in [-0.1, -0.05) is 13.3 Å². The highest BCUT2D eigenvalue weighted by atomic mass is 16.1. The Morgan fingerprint density at radius 3 is 2.56 bits per heavy atom. The molecule has 0 spiro atoms. The van der Waals surface area contributed by atoms with Gasteiger partial charge in [-0.25, -0.2) is 0 Å². The van der Waals surface area contributed by atoms with Crippen molar-refractivity contribution in [3.63, 3.8) is 0 Å². The van der Waals surface area contributed by atoms with Gasteiger partial charge in [0.2, 0.25) is 5.91 Å². The van der Waals surface area contributed by atoms with Crippen molar-refractivity contribution in [3.05, 3.63) is 23.8 Å². The smallest absolute Gasteiger partial charge is 0.227 e. The first kappa shape index (κ1) is 16.9. The molecule has 2 saturated carbocycles. The number of hydrogen-bond donors (Lipinski definition) is 1. The van der Waals surface area contributed by atoms with Gasteiger partial charge in [-0.05, 0) is 68.3 Å². The van der Waals surface area contributed by atoms with Crippen molar-refractivity contribution in [1.82, 2.24) is 4.90 Å². The van der Waals surface area contributed by atoms with Gasteiger partial charge in [0, 0.05) is 43.5 Å². The van der Waals surface area contributed by atoms with E-state index in [4.69, 9.17) is 0 Å². The highest BCUT2D eigenvalue weighted by Gasteiger charge is 2.43. The van der Waals surface area contributed by atoms with Crippen LogP contribution in [0.25, 0.3) is 0 Å². The average Bonchev–Trinajstić information content (AvgIpc) is 3.27. The van der Waals surface area contributed by atoms with Crippen LogP contribution in [0.15, 0.2) is 18.2 Å². The number of carbonyl (C=O) groups excluding carboxylic acids is 1. The van der Waals surface area contributed by atoms with Crippen molar-refractivity contribution in [2.24, 2.45) is 17.8 Å². The lowest BCUT2D eigenvalue weighted by Crippen LogP contribution is -2.46. The number of benzene rings is 1. The first-order valence-corrected chi connectivity index (χ1v) is 10.0. The summed E-state index contributed by atoms with van der Waals surface area (Å²) in [6.07, 6.45) is 4.98. The fourth-order valence-corrected chi connectivity index (χ4v) is 5.10. The molecule has 1 aromatic rings. The quantitative estimate of drug-likeness (QED) is 0.910. The lowest BCUT2D eigenvalue weighted by molar-refractivity contribution is -0.121. The molecule has 1 amide bonds. The second-order valence-corrected chi connectivity index (χ2v) is 8.19. The number of amides is 1. The maximum absolute atomic E-state index is 12.7. The number of fused-ring (bicyclic) bond motifs is 2. The molecule has 3 atom stereocenters. The van der Waals surface area contributed by atoms with Crippen LogP contribution in [-0.4, -0.2) is 43.5 Å². The lowest BCUT2D eigenvalue weighted by Gasteiger charge is -2.35. The SMILES string of the molecule is CCN1CCN(c2ccc(NC(=O)C3CC4CCC3C4)c(C)c2)CC1. The highest BCUT2D eigenvalue weighted by molar-refractivity contribution is 5.94. The van der Waals surface area contributed by atoms with Crippen LogP contribution < -0.4 is 10.2 Å². The number of anilines is 2. The molecule has 136 valence electrons. The second kappa shape index (κ2) is 6.99. The molecule has 0 aromatic heterocycles. The lowest BCUT2D eigenvalue weighted by atomic mass is 9.88. The Kier molecular flexibility index (Phi) is 4.72. The number of hydrogen-bond acceptors (Lipinski definition) is 3. The van der Waals surface area contributed by atoms with E-state index in [2.05, 4.69) is 47.2 Å². The molecule has 1 saturated heterocycles. The molecule has 25 heavy (non-hydrogen) atoms. The molecule has 1 aliphatic heterocycles. The van der Waals surface area contributed by atoms with Crippen LogP contribution in [-0.2, 0) is 4.79 Å². The number of rotatable bonds is 4. The van der Waals surface area contributed by atoms with Crippen molar-refractivity contribution >= 4 is 17.3 Å². The van der Waals surface area contributed by atoms with E-state index in [9.17, 15) is 4.79 Å². The van der Waals surface area contributed by atoms with Gasteiger partial charge in [-0.15, -0.1) is 0 Å². The van der Waals surface area contributed by atoms with Crippen LogP contribution in [0.5, 0.6) is 0 Å². The van der Waals surface area contributed by atoms with Crippen molar-refractivity contribution in [2.45, 2.75) is 39.5 Å². The maximum Gasteiger partial charge on any atom is 0.227 e. The Hall–Kier alpha value is -1.55. The first-order chi connectivity index (χ1) is 12.1. The fraction of sp³-hybridized carbons (Fsp3) is 0.667. The standard InChI is InChI=1S/C21H31N3O/c1-3-23-8-10-24(11-9-23)18-6-7-20(15(2)12-18)22-21(25)19-14-16-4-5-17(19)13-16/h6-7,12,16-17,19H,3-5,8-11,13-14H2,1-2H3,(H,22,25). The van der Waals surface area contributed by atoms with Gasteiger partial charge in [0.25, 0.3) is 0 Å². The third-order valence-corrected chi connectivity index (χ3v) is 6.73. The highest BCUT2D eigenvalue weighted by Crippen LogP contribution is 2.48. The Bertz CT molecular complexity index is 636. The molecule has 3 fully saturated rings. The number of carbonyl (C=O) groups is 1. The minimum atomic E-state index is 0.250. The van der Waals surface area contributed by atoms with Crippen molar-refractivity contribution < 1.29 is 4.79 Å². The van der Waals surface area contributed by atoms with Gasteiger partial charge in [-0.2, -0.15) is 0 Å². The Morgan fingerprint density at radius 2 is 1.96 bits per heavy atom. The zero-order chi connectivity index (χ0) is 17.4. The summed E-state index contributed by atoms with van der Waals surface area (Å²) in [5.74, 6) is 1.95. The Labute approximate surface area is 151 Å². The van der Waals surface area contributed by atoms with Crippen molar-refractivity contribution in [2.75, 3.05) is 42.9 Å².